The molecule has 1 aliphatic rings. The molecular formula is C25H22F3N5. The van der Waals surface area contributed by atoms with Gasteiger partial charge < -0.3 is 0 Å². The number of aromatic nitrogens is 4. The first-order valence-corrected chi connectivity index (χ1v) is 10.7. The van der Waals surface area contributed by atoms with Gasteiger partial charge in [-0.1, -0.05) is 42.0 Å². The first kappa shape index (κ1) is 21.3. The molecule has 8 heteroatoms. The summed E-state index contributed by atoms with van der Waals surface area (Å²) in [6.07, 6.45) is 0.0584. The van der Waals surface area contributed by atoms with Crippen LogP contribution in [-0.2, 0) is 25.7 Å². The summed E-state index contributed by atoms with van der Waals surface area (Å²) in [5.41, 5.74) is 6.36. The Bertz CT molecular complexity index is 1260. The number of nitrogens with zero attached hydrogens (tertiary/aromatic N) is 4. The lowest BCUT2D eigenvalue weighted by atomic mass is 10.0. The normalized spacial score (nSPS) is 14.3. The number of alkyl halides is 3. The van der Waals surface area contributed by atoms with E-state index >= 15 is 0 Å². The fourth-order valence-corrected chi connectivity index (χ4v) is 4.10. The maximum atomic E-state index is 12.8. The van der Waals surface area contributed by atoms with Gasteiger partial charge in [0.15, 0.2) is 5.82 Å². The summed E-state index contributed by atoms with van der Waals surface area (Å²) in [6, 6.07) is 13.3. The maximum Gasteiger partial charge on any atom is 0.416 e. The number of fused-ring (bicyclic) bond motifs is 1. The van der Waals surface area contributed by atoms with E-state index in [2.05, 4.69) is 56.3 Å². The van der Waals surface area contributed by atoms with E-state index in [9.17, 15) is 13.2 Å². The molecule has 2 aromatic heterocycles. The predicted octanol–water partition coefficient (Wildman–Crippen LogP) is 5.42. The van der Waals surface area contributed by atoms with E-state index in [-0.39, 0.29) is 0 Å². The van der Waals surface area contributed by atoms with E-state index in [4.69, 9.17) is 0 Å². The third kappa shape index (κ3) is 4.52. The second kappa shape index (κ2) is 8.44. The van der Waals surface area contributed by atoms with Crippen LogP contribution in [0.3, 0.4) is 0 Å². The van der Waals surface area contributed by atoms with Crippen molar-refractivity contribution in [2.45, 2.75) is 32.6 Å². The van der Waals surface area contributed by atoms with Gasteiger partial charge in [-0.2, -0.15) is 18.3 Å². The van der Waals surface area contributed by atoms with Crippen molar-refractivity contribution in [3.05, 3.63) is 88.9 Å². The van der Waals surface area contributed by atoms with Crippen molar-refractivity contribution in [3.8, 4) is 22.6 Å². The average Bonchev–Trinajstić information content (AvgIpc) is 3.27. The highest BCUT2D eigenvalue weighted by Crippen LogP contribution is 2.31. The minimum absolute atomic E-state index is 0.451. The zero-order chi connectivity index (χ0) is 23.0. The van der Waals surface area contributed by atoms with Crippen LogP contribution in [0, 0.1) is 6.92 Å². The van der Waals surface area contributed by atoms with Gasteiger partial charge in [0.25, 0.3) is 0 Å². The van der Waals surface area contributed by atoms with Gasteiger partial charge >= 0.3 is 6.18 Å². The van der Waals surface area contributed by atoms with Crippen molar-refractivity contribution in [1.29, 1.82) is 0 Å². The molecule has 5 rings (SSSR count). The van der Waals surface area contributed by atoms with E-state index in [0.29, 0.717) is 17.9 Å². The van der Waals surface area contributed by atoms with E-state index in [1.165, 1.54) is 17.7 Å². The van der Waals surface area contributed by atoms with Crippen molar-refractivity contribution in [3.63, 3.8) is 0 Å². The summed E-state index contributed by atoms with van der Waals surface area (Å²) in [4.78, 5) is 11.4. The number of hydrogen-bond acceptors (Lipinski definition) is 4. The molecule has 0 saturated carbocycles. The van der Waals surface area contributed by atoms with Crippen molar-refractivity contribution in [1.82, 2.24) is 25.1 Å². The largest absolute Gasteiger partial charge is 0.416 e. The molecule has 0 aliphatic carbocycles. The molecule has 0 bridgehead atoms. The summed E-state index contributed by atoms with van der Waals surface area (Å²) in [6.45, 7) is 4.35. The Balaban J connectivity index is 1.31. The highest BCUT2D eigenvalue weighted by molar-refractivity contribution is 5.63. The summed E-state index contributed by atoms with van der Waals surface area (Å²) < 4.78 is 38.4. The Morgan fingerprint density at radius 3 is 2.42 bits per heavy atom. The molecule has 0 spiro atoms. The monoisotopic (exact) mass is 449 g/mol. The smallest absolute Gasteiger partial charge is 0.294 e. The van der Waals surface area contributed by atoms with Gasteiger partial charge in [-0.25, -0.2) is 9.97 Å². The number of H-pyrrole nitrogens is 1. The Hall–Kier alpha value is -3.52. The predicted molar refractivity (Wildman–Crippen MR) is 119 cm³/mol. The molecule has 5 nitrogen and oxygen atoms in total. The average molecular weight is 449 g/mol. The molecule has 4 aromatic rings. The number of rotatable bonds is 4. The minimum atomic E-state index is -4.35. The molecule has 0 saturated heterocycles. The van der Waals surface area contributed by atoms with Crippen molar-refractivity contribution >= 4 is 0 Å². The van der Waals surface area contributed by atoms with Gasteiger partial charge in [-0.05, 0) is 24.6 Å². The molecule has 3 heterocycles. The molecule has 0 atom stereocenters. The van der Waals surface area contributed by atoms with Crippen molar-refractivity contribution < 1.29 is 13.2 Å². The minimum Gasteiger partial charge on any atom is -0.294 e. The van der Waals surface area contributed by atoms with Crippen LogP contribution in [0.1, 0.15) is 27.9 Å². The van der Waals surface area contributed by atoms with Crippen LogP contribution in [0.2, 0.25) is 0 Å². The zero-order valence-electron chi connectivity index (χ0n) is 18.0. The number of aryl methyl sites for hydroxylation is 1. The van der Waals surface area contributed by atoms with Gasteiger partial charge in [0.2, 0.25) is 0 Å². The second-order valence-corrected chi connectivity index (χ2v) is 8.34. The van der Waals surface area contributed by atoms with Gasteiger partial charge in [0, 0.05) is 48.9 Å². The summed E-state index contributed by atoms with van der Waals surface area (Å²) in [5.74, 6) is 0.451. The quantitative estimate of drug-likeness (QED) is 0.452. The summed E-state index contributed by atoms with van der Waals surface area (Å²) in [7, 11) is 0. The van der Waals surface area contributed by atoms with E-state index in [0.717, 1.165) is 59.7 Å². The number of hydrogen-bond donors (Lipinski definition) is 1. The van der Waals surface area contributed by atoms with Crippen molar-refractivity contribution in [2.24, 2.45) is 0 Å². The van der Waals surface area contributed by atoms with Crippen LogP contribution in [0.5, 0.6) is 0 Å². The van der Waals surface area contributed by atoms with Crippen LogP contribution in [0.15, 0.2) is 60.9 Å². The second-order valence-electron chi connectivity index (χ2n) is 8.34. The van der Waals surface area contributed by atoms with Crippen LogP contribution in [0.4, 0.5) is 13.2 Å². The third-order valence-electron chi connectivity index (χ3n) is 5.94. The van der Waals surface area contributed by atoms with Crippen LogP contribution >= 0.6 is 0 Å². The maximum absolute atomic E-state index is 12.8. The molecule has 0 amide bonds. The standard InChI is InChI=1S/C25H22F3N5/c1-16-2-4-17(5-3-16)23-20(13-30-32-23)15-33-11-10-22-19(14-33)12-29-24(31-22)18-6-8-21(9-7-18)25(26,27)28/h2-9,12-13H,10-11,14-15H2,1H3,(H,30,32). The van der Waals surface area contributed by atoms with E-state index in [1.807, 2.05) is 6.20 Å². The third-order valence-corrected chi connectivity index (χ3v) is 5.94. The highest BCUT2D eigenvalue weighted by atomic mass is 19.4. The number of nitrogens with one attached hydrogen (secondary N) is 1. The molecule has 1 N–H and O–H groups in total. The zero-order valence-corrected chi connectivity index (χ0v) is 18.0. The summed E-state index contributed by atoms with van der Waals surface area (Å²) in [5, 5.41) is 7.37. The highest BCUT2D eigenvalue weighted by Gasteiger charge is 2.30. The van der Waals surface area contributed by atoms with E-state index < -0.39 is 11.7 Å². The lowest BCUT2D eigenvalue weighted by Gasteiger charge is -2.28. The topological polar surface area (TPSA) is 57.7 Å². The Morgan fingerprint density at radius 2 is 1.70 bits per heavy atom. The number of benzene rings is 2. The van der Waals surface area contributed by atoms with Crippen LogP contribution in [0.25, 0.3) is 22.6 Å². The molecular weight excluding hydrogens is 427 g/mol. The Morgan fingerprint density at radius 1 is 0.970 bits per heavy atom. The SMILES string of the molecule is Cc1ccc(-c2[nH]ncc2CN2CCc3nc(-c4ccc(C(F)(F)F)cc4)ncc3C2)cc1. The molecule has 0 unspecified atom stereocenters. The molecule has 2 aromatic carbocycles. The Labute approximate surface area is 189 Å². The molecule has 33 heavy (non-hydrogen) atoms. The van der Waals surface area contributed by atoms with E-state index in [1.54, 1.807) is 6.20 Å². The first-order chi connectivity index (χ1) is 15.9. The fourth-order valence-electron chi connectivity index (χ4n) is 4.10. The number of aromatic amines is 1. The van der Waals surface area contributed by atoms with Gasteiger partial charge in [0.05, 0.1) is 23.1 Å². The van der Waals surface area contributed by atoms with Gasteiger partial charge in [0.1, 0.15) is 0 Å². The lowest BCUT2D eigenvalue weighted by molar-refractivity contribution is -0.137. The molecule has 168 valence electrons. The van der Waals surface area contributed by atoms with Crippen LogP contribution in [-0.4, -0.2) is 31.6 Å². The summed E-state index contributed by atoms with van der Waals surface area (Å²) >= 11 is 0. The van der Waals surface area contributed by atoms with Gasteiger partial charge in [-0.3, -0.25) is 10.00 Å². The number of halogens is 3. The first-order valence-electron chi connectivity index (χ1n) is 10.7. The van der Waals surface area contributed by atoms with Crippen LogP contribution < -0.4 is 0 Å². The van der Waals surface area contributed by atoms with Gasteiger partial charge in [-0.15, -0.1) is 0 Å². The molecule has 0 fully saturated rings. The Kier molecular flexibility index (Phi) is 5.46. The van der Waals surface area contributed by atoms with Crippen molar-refractivity contribution in [2.75, 3.05) is 6.54 Å². The molecule has 1 aliphatic heterocycles. The lowest BCUT2D eigenvalue weighted by Crippen LogP contribution is -2.31. The molecule has 0 radical (unpaired) electrons. The fraction of sp³-hybridized carbons (Fsp3) is 0.240.